The van der Waals surface area contributed by atoms with E-state index in [-0.39, 0.29) is 23.6 Å². The molecule has 0 bridgehead atoms. The van der Waals surface area contributed by atoms with Crippen LogP contribution in [0.15, 0.2) is 49.1 Å². The van der Waals surface area contributed by atoms with Gasteiger partial charge in [0.25, 0.3) is 0 Å². The molecule has 9 nitrogen and oxygen atoms in total. The number of rotatable bonds is 8. The second-order valence-electron chi connectivity index (χ2n) is 8.42. The largest absolute Gasteiger partial charge is 0.474 e. The summed E-state index contributed by atoms with van der Waals surface area (Å²) < 4.78 is 77.0. The molecule has 3 aromatic rings. The van der Waals surface area contributed by atoms with E-state index in [4.69, 9.17) is 15.2 Å². The molecule has 1 aliphatic rings. The first kappa shape index (κ1) is 27.0. The van der Waals surface area contributed by atoms with Gasteiger partial charge in [0.2, 0.25) is 23.4 Å². The van der Waals surface area contributed by atoms with E-state index in [0.29, 0.717) is 37.2 Å². The minimum atomic E-state index is -4.75. The molecule has 4 rings (SSSR count). The zero-order valence-electron chi connectivity index (χ0n) is 19.8. The topological polar surface area (TPSA) is 120 Å². The number of nitrogens with two attached hydrogens (primary N) is 1. The number of benzene rings is 1. The average Bonchev–Trinajstić information content (AvgIpc) is 2.89. The monoisotopic (exact) mass is 538 g/mol. The van der Waals surface area contributed by atoms with E-state index in [2.05, 4.69) is 26.5 Å². The van der Waals surface area contributed by atoms with Crippen molar-refractivity contribution in [3.8, 4) is 11.6 Å². The van der Waals surface area contributed by atoms with Crippen LogP contribution in [0.25, 0.3) is 0 Å². The number of halogens is 5. The van der Waals surface area contributed by atoms with Crippen LogP contribution in [0.5, 0.6) is 11.6 Å². The van der Waals surface area contributed by atoms with Gasteiger partial charge in [0.05, 0.1) is 5.69 Å². The Balaban J connectivity index is 1.41. The zero-order valence-corrected chi connectivity index (χ0v) is 19.8. The molecule has 1 aliphatic heterocycles. The lowest BCUT2D eigenvalue weighted by Gasteiger charge is -2.34. The maximum atomic E-state index is 13.9. The normalized spacial score (nSPS) is 15.3. The van der Waals surface area contributed by atoms with Crippen molar-refractivity contribution in [2.24, 2.45) is 0 Å². The van der Waals surface area contributed by atoms with E-state index in [0.717, 1.165) is 24.4 Å². The van der Waals surface area contributed by atoms with Gasteiger partial charge in [-0.15, -0.1) is 0 Å². The van der Waals surface area contributed by atoms with Crippen molar-refractivity contribution in [1.29, 1.82) is 0 Å². The van der Waals surface area contributed by atoms with Gasteiger partial charge in [-0.3, -0.25) is 0 Å². The molecule has 1 aromatic carbocycles. The van der Waals surface area contributed by atoms with E-state index in [1.165, 1.54) is 12.3 Å². The molecule has 1 fully saturated rings. The van der Waals surface area contributed by atoms with Crippen LogP contribution in [0, 0.1) is 11.6 Å². The van der Waals surface area contributed by atoms with Gasteiger partial charge in [-0.1, -0.05) is 6.07 Å². The van der Waals surface area contributed by atoms with Crippen molar-refractivity contribution in [1.82, 2.24) is 24.8 Å². The SMILES string of the molecule is C=C(Oc1c(F)cccc1F)N1CCC(c2nc(N)ncc2C(O)COc2ccnc(C(F)(F)F)n2)CC1. The van der Waals surface area contributed by atoms with Crippen LogP contribution >= 0.6 is 0 Å². The number of aromatic nitrogens is 4. The number of nitrogen functional groups attached to an aromatic ring is 1. The quantitative estimate of drug-likeness (QED) is 0.324. The van der Waals surface area contributed by atoms with Gasteiger partial charge in [-0.05, 0) is 31.6 Å². The Hall–Kier alpha value is -4.07. The molecule has 202 valence electrons. The van der Waals surface area contributed by atoms with Gasteiger partial charge in [0.1, 0.15) is 12.7 Å². The fraction of sp³-hybridized carbons (Fsp3) is 0.333. The Morgan fingerprint density at radius 3 is 2.47 bits per heavy atom. The maximum Gasteiger partial charge on any atom is 0.451 e. The van der Waals surface area contributed by atoms with Crippen molar-refractivity contribution in [3.05, 3.63) is 77.8 Å². The molecular formula is C24H23F5N6O3. The zero-order chi connectivity index (χ0) is 27.4. The van der Waals surface area contributed by atoms with Crippen molar-refractivity contribution >= 4 is 5.95 Å². The lowest BCUT2D eigenvalue weighted by atomic mass is 9.89. The molecule has 0 amide bonds. The van der Waals surface area contributed by atoms with Gasteiger partial charge in [0, 0.05) is 43.0 Å². The van der Waals surface area contributed by atoms with Crippen LogP contribution in [0.2, 0.25) is 0 Å². The molecule has 3 heterocycles. The van der Waals surface area contributed by atoms with Crippen molar-refractivity contribution < 1.29 is 36.5 Å². The Bertz CT molecular complexity index is 1280. The van der Waals surface area contributed by atoms with Crippen LogP contribution < -0.4 is 15.2 Å². The molecule has 0 spiro atoms. The number of aliphatic hydroxyl groups is 1. The number of likely N-dealkylation sites (tertiary alicyclic amines) is 1. The molecule has 0 aliphatic carbocycles. The fourth-order valence-electron chi connectivity index (χ4n) is 3.98. The highest BCUT2D eigenvalue weighted by molar-refractivity contribution is 5.31. The van der Waals surface area contributed by atoms with Crippen LogP contribution in [0.1, 0.15) is 41.9 Å². The highest BCUT2D eigenvalue weighted by atomic mass is 19.4. The number of ether oxygens (including phenoxy) is 2. The van der Waals surface area contributed by atoms with Gasteiger partial charge < -0.3 is 25.2 Å². The number of para-hydroxylation sites is 1. The van der Waals surface area contributed by atoms with E-state index in [1.807, 2.05) is 0 Å². The van der Waals surface area contributed by atoms with E-state index >= 15 is 0 Å². The van der Waals surface area contributed by atoms with E-state index in [1.54, 1.807) is 4.90 Å². The molecule has 0 radical (unpaired) electrons. The number of hydrogen-bond donors (Lipinski definition) is 2. The number of hydrogen-bond acceptors (Lipinski definition) is 9. The molecule has 1 saturated heterocycles. The van der Waals surface area contributed by atoms with Crippen LogP contribution in [0.3, 0.4) is 0 Å². The Kier molecular flexibility index (Phi) is 7.90. The highest BCUT2D eigenvalue weighted by Gasteiger charge is 2.35. The second-order valence-corrected chi connectivity index (χ2v) is 8.42. The van der Waals surface area contributed by atoms with Crippen LogP contribution in [-0.2, 0) is 6.18 Å². The number of aliphatic hydroxyl groups excluding tert-OH is 1. The number of piperidine rings is 1. The average molecular weight is 538 g/mol. The van der Waals surface area contributed by atoms with E-state index < -0.39 is 42.1 Å². The van der Waals surface area contributed by atoms with Gasteiger partial charge in [0.15, 0.2) is 17.5 Å². The van der Waals surface area contributed by atoms with Crippen LogP contribution in [-0.4, -0.2) is 49.6 Å². The highest BCUT2D eigenvalue weighted by Crippen LogP contribution is 2.34. The molecule has 1 atom stereocenters. The third kappa shape index (κ3) is 6.25. The molecule has 3 N–H and O–H groups in total. The van der Waals surface area contributed by atoms with Crippen molar-refractivity contribution in [2.45, 2.75) is 31.0 Å². The van der Waals surface area contributed by atoms with Crippen molar-refractivity contribution in [2.75, 3.05) is 25.4 Å². The maximum absolute atomic E-state index is 13.9. The third-order valence-corrected chi connectivity index (χ3v) is 5.87. The summed E-state index contributed by atoms with van der Waals surface area (Å²) in [5.41, 5.74) is 6.53. The number of anilines is 1. The summed E-state index contributed by atoms with van der Waals surface area (Å²) in [5, 5.41) is 10.7. The smallest absolute Gasteiger partial charge is 0.451 e. The molecule has 14 heteroatoms. The van der Waals surface area contributed by atoms with Crippen molar-refractivity contribution in [3.63, 3.8) is 0 Å². The first-order valence-corrected chi connectivity index (χ1v) is 11.4. The molecule has 1 unspecified atom stereocenters. The summed E-state index contributed by atoms with van der Waals surface area (Å²) in [5.74, 6) is -4.10. The first-order chi connectivity index (χ1) is 18.0. The summed E-state index contributed by atoms with van der Waals surface area (Å²) in [6.07, 6.45) is -2.80. The van der Waals surface area contributed by atoms with E-state index in [9.17, 15) is 27.1 Å². The fourth-order valence-corrected chi connectivity index (χ4v) is 3.98. The molecule has 2 aromatic heterocycles. The predicted octanol–water partition coefficient (Wildman–Crippen LogP) is 3.99. The number of nitrogens with zero attached hydrogens (tertiary/aromatic N) is 5. The van der Waals surface area contributed by atoms with Gasteiger partial charge in [-0.2, -0.15) is 18.2 Å². The van der Waals surface area contributed by atoms with Crippen LogP contribution in [0.4, 0.5) is 27.9 Å². The number of alkyl halides is 3. The summed E-state index contributed by atoms with van der Waals surface area (Å²) >= 11 is 0. The summed E-state index contributed by atoms with van der Waals surface area (Å²) in [7, 11) is 0. The van der Waals surface area contributed by atoms with Gasteiger partial charge >= 0.3 is 6.18 Å². The standard InChI is InChI=1S/C24H23F5N6O3/c1-13(38-21-16(25)3-2-4-17(21)26)35-9-6-14(7-10-35)20-15(11-32-23(30)34-20)18(36)12-37-19-5-8-31-22(33-19)24(27,28)29/h2-5,8,11,14,18,36H,1,6-7,9-10,12H2,(H2,30,32,34). The summed E-state index contributed by atoms with van der Waals surface area (Å²) in [6, 6.07) is 4.52. The minimum Gasteiger partial charge on any atom is -0.474 e. The Morgan fingerprint density at radius 1 is 1.13 bits per heavy atom. The predicted molar refractivity (Wildman–Crippen MR) is 124 cm³/mol. The molecule has 38 heavy (non-hydrogen) atoms. The third-order valence-electron chi connectivity index (χ3n) is 5.87. The summed E-state index contributed by atoms with van der Waals surface area (Å²) in [4.78, 5) is 16.4. The second kappa shape index (κ2) is 11.1. The lowest BCUT2D eigenvalue weighted by molar-refractivity contribution is -0.145. The molecule has 0 saturated carbocycles. The Labute approximate surface area is 213 Å². The first-order valence-electron chi connectivity index (χ1n) is 11.4. The minimum absolute atomic E-state index is 0.0207. The molecular weight excluding hydrogens is 515 g/mol. The summed E-state index contributed by atoms with van der Waals surface area (Å²) in [6.45, 7) is 4.15. The lowest BCUT2D eigenvalue weighted by Crippen LogP contribution is -2.34. The van der Waals surface area contributed by atoms with Gasteiger partial charge in [-0.25, -0.2) is 23.7 Å². The Morgan fingerprint density at radius 2 is 1.82 bits per heavy atom.